The van der Waals surface area contributed by atoms with Gasteiger partial charge in [-0.1, -0.05) is 0 Å². The third kappa shape index (κ3) is 10.2. The van der Waals surface area contributed by atoms with Crippen molar-refractivity contribution in [3.05, 3.63) is 0 Å². The van der Waals surface area contributed by atoms with E-state index in [0.717, 1.165) is 0 Å². The topological polar surface area (TPSA) is 160 Å². The van der Waals surface area contributed by atoms with Gasteiger partial charge in [-0.05, 0) is 0 Å². The maximum Gasteiger partial charge on any atom is 0.490 e. The Bertz CT molecular complexity index is 423. The van der Waals surface area contributed by atoms with Crippen LogP contribution in [0.2, 0.25) is 0 Å². The molecule has 0 fully saturated rings. The summed E-state index contributed by atoms with van der Waals surface area (Å²) < 4.78 is 75.8. The first-order valence-electron chi connectivity index (χ1n) is 3.47. The van der Waals surface area contributed by atoms with Crippen LogP contribution < -0.4 is 0 Å². The molecule has 0 saturated carbocycles. The number of hydrogen-bond donors (Lipinski definition) is 4. The second kappa shape index (κ2) is 5.68. The van der Waals surface area contributed by atoms with Crippen molar-refractivity contribution in [3.63, 3.8) is 0 Å². The fraction of sp³-hybridized carbons (Fsp3) is 1.00. The number of phosphoric acid groups is 3. The van der Waals surface area contributed by atoms with E-state index >= 15 is 0 Å². The minimum absolute atomic E-state index is 2.29. The third-order valence-corrected chi connectivity index (χ3v) is 4.59. The van der Waals surface area contributed by atoms with E-state index in [1.165, 1.54) is 0 Å². The molecule has 2 unspecified atom stereocenters. The molecule has 0 aliphatic rings. The first kappa shape index (κ1) is 18.2. The molecule has 0 aromatic heterocycles. The quantitative estimate of drug-likeness (QED) is 0.511. The van der Waals surface area contributed by atoms with E-state index in [2.05, 4.69) is 13.1 Å². The van der Waals surface area contributed by atoms with Gasteiger partial charge >= 0.3 is 29.6 Å². The van der Waals surface area contributed by atoms with E-state index in [4.69, 9.17) is 19.6 Å². The number of hydrogen-bond acceptors (Lipinski definition) is 6. The third-order valence-electron chi connectivity index (χ3n) is 0.807. The van der Waals surface area contributed by atoms with Crippen LogP contribution in [0.25, 0.3) is 0 Å². The Morgan fingerprint density at radius 1 is 0.889 bits per heavy atom. The molecule has 0 saturated heterocycles. The second-order valence-electron chi connectivity index (χ2n) is 2.48. The maximum absolute atomic E-state index is 11.6. The zero-order chi connectivity index (χ0) is 14.8. The van der Waals surface area contributed by atoms with Gasteiger partial charge in [-0.3, -0.25) is 4.52 Å². The first-order chi connectivity index (χ1) is 7.62. The predicted octanol–water partition coefficient (Wildman–Crippen LogP) is 0.892. The molecule has 18 heavy (non-hydrogen) atoms. The molecule has 0 amide bonds. The lowest BCUT2D eigenvalue weighted by Crippen LogP contribution is -2.16. The minimum atomic E-state index is -5.79. The molecule has 10 nitrogen and oxygen atoms in total. The van der Waals surface area contributed by atoms with Crippen molar-refractivity contribution in [2.45, 2.75) is 6.18 Å². The molecule has 4 N–H and O–H groups in total. The van der Waals surface area contributed by atoms with Crippen LogP contribution in [0.3, 0.4) is 0 Å². The van der Waals surface area contributed by atoms with Gasteiger partial charge in [-0.15, -0.1) is 0 Å². The lowest BCUT2D eigenvalue weighted by molar-refractivity contribution is -0.156. The van der Waals surface area contributed by atoms with Gasteiger partial charge in [0.1, 0.15) is 0 Å². The summed E-state index contributed by atoms with van der Waals surface area (Å²) in [6.45, 7) is -2.29. The van der Waals surface area contributed by atoms with Crippen molar-refractivity contribution in [2.24, 2.45) is 0 Å². The molecule has 16 heteroatoms. The zero-order valence-electron chi connectivity index (χ0n) is 7.92. The van der Waals surface area contributed by atoms with Crippen molar-refractivity contribution >= 4 is 23.5 Å². The monoisotopic (exact) mass is 340 g/mol. The smallest absolute Gasteiger partial charge is 0.302 e. The van der Waals surface area contributed by atoms with Gasteiger partial charge in [0, 0.05) is 0 Å². The van der Waals surface area contributed by atoms with Crippen LogP contribution in [0.4, 0.5) is 13.2 Å². The fourth-order valence-electron chi connectivity index (χ4n) is 0.458. The summed E-state index contributed by atoms with van der Waals surface area (Å²) >= 11 is 0. The molecule has 0 aliphatic carbocycles. The van der Waals surface area contributed by atoms with E-state index in [0.29, 0.717) is 0 Å². The summed E-state index contributed by atoms with van der Waals surface area (Å²) in [4.78, 5) is 33.3. The standard InChI is InChI=1S/C2H6F3O10P3/c3-2(4,5)1-13-17(9,10)15-18(11,12)14-16(6,7)8/h1H2,(H,9,10)(H,11,12)(H2,6,7,8). The highest BCUT2D eigenvalue weighted by atomic mass is 31.3. The van der Waals surface area contributed by atoms with E-state index in [1.807, 2.05) is 0 Å². The summed E-state index contributed by atoms with van der Waals surface area (Å²) in [7, 11) is -17.1. The molecule has 0 radical (unpaired) electrons. The normalized spacial score (nSPS) is 20.2. The Hall–Kier alpha value is 0.200. The number of phosphoric ester groups is 1. The molecule has 0 aromatic carbocycles. The van der Waals surface area contributed by atoms with Gasteiger partial charge < -0.3 is 19.6 Å². The van der Waals surface area contributed by atoms with Crippen LogP contribution >= 0.6 is 23.5 Å². The van der Waals surface area contributed by atoms with Crippen molar-refractivity contribution in [1.29, 1.82) is 0 Å². The second-order valence-corrected chi connectivity index (χ2v) is 6.90. The molecule has 0 rings (SSSR count). The van der Waals surface area contributed by atoms with Crippen LogP contribution in [0.15, 0.2) is 0 Å². The largest absolute Gasteiger partial charge is 0.490 e. The lowest BCUT2D eigenvalue weighted by atomic mass is 10.7. The molecular formula is C2H6F3O10P3. The number of alkyl halides is 3. The summed E-state index contributed by atoms with van der Waals surface area (Å²) in [5.41, 5.74) is 0. The van der Waals surface area contributed by atoms with Gasteiger partial charge in [0.2, 0.25) is 0 Å². The number of halogens is 3. The fourth-order valence-corrected chi connectivity index (χ4v) is 3.46. The Morgan fingerprint density at radius 2 is 1.33 bits per heavy atom. The average molecular weight is 340 g/mol. The van der Waals surface area contributed by atoms with Crippen molar-refractivity contribution in [1.82, 2.24) is 0 Å². The summed E-state index contributed by atoms with van der Waals surface area (Å²) in [5, 5.41) is 0. The highest BCUT2D eigenvalue weighted by Gasteiger charge is 2.42. The van der Waals surface area contributed by atoms with Crippen molar-refractivity contribution in [2.75, 3.05) is 6.61 Å². The van der Waals surface area contributed by atoms with E-state index in [-0.39, 0.29) is 0 Å². The van der Waals surface area contributed by atoms with Crippen LogP contribution in [-0.2, 0) is 26.8 Å². The molecule has 0 aliphatic heterocycles. The summed E-state index contributed by atoms with van der Waals surface area (Å²) in [5.74, 6) is 0. The van der Waals surface area contributed by atoms with Crippen molar-refractivity contribution in [3.8, 4) is 0 Å². The van der Waals surface area contributed by atoms with Gasteiger partial charge in [-0.2, -0.15) is 21.8 Å². The Morgan fingerprint density at radius 3 is 1.67 bits per heavy atom. The molecular weight excluding hydrogens is 334 g/mol. The van der Waals surface area contributed by atoms with E-state index < -0.39 is 36.3 Å². The minimum Gasteiger partial charge on any atom is -0.302 e. The summed E-state index contributed by atoms with van der Waals surface area (Å²) in [6, 6.07) is 0. The Labute approximate surface area is 96.8 Å². The maximum atomic E-state index is 11.6. The Kier molecular flexibility index (Phi) is 5.74. The number of rotatable bonds is 6. The SMILES string of the molecule is O=P(O)(O)OP(=O)(O)OP(=O)(O)OCC(F)(F)F. The lowest BCUT2D eigenvalue weighted by Gasteiger charge is -2.16. The zero-order valence-corrected chi connectivity index (χ0v) is 10.6. The Balaban J connectivity index is 4.63. The highest BCUT2D eigenvalue weighted by Crippen LogP contribution is 2.66. The van der Waals surface area contributed by atoms with Gasteiger partial charge in [0.15, 0.2) is 6.61 Å². The van der Waals surface area contributed by atoms with Gasteiger partial charge in [0.25, 0.3) is 0 Å². The predicted molar refractivity (Wildman–Crippen MR) is 45.9 cm³/mol. The first-order valence-corrected chi connectivity index (χ1v) is 7.99. The molecule has 0 bridgehead atoms. The van der Waals surface area contributed by atoms with Crippen LogP contribution in [-0.4, -0.2) is 32.4 Å². The van der Waals surface area contributed by atoms with E-state index in [9.17, 15) is 26.9 Å². The van der Waals surface area contributed by atoms with E-state index in [1.54, 1.807) is 0 Å². The van der Waals surface area contributed by atoms with Crippen LogP contribution in [0.5, 0.6) is 0 Å². The molecule has 2 atom stereocenters. The van der Waals surface area contributed by atoms with Gasteiger partial charge in [-0.25, -0.2) is 13.7 Å². The van der Waals surface area contributed by atoms with Crippen LogP contribution in [0, 0.1) is 0 Å². The summed E-state index contributed by atoms with van der Waals surface area (Å²) in [6.07, 6.45) is -5.04. The average Bonchev–Trinajstić information content (AvgIpc) is 1.91. The van der Waals surface area contributed by atoms with Gasteiger partial charge in [0.05, 0.1) is 0 Å². The van der Waals surface area contributed by atoms with Crippen LogP contribution in [0.1, 0.15) is 0 Å². The van der Waals surface area contributed by atoms with Crippen molar-refractivity contribution < 1.29 is 59.6 Å². The molecule has 0 aromatic rings. The molecule has 0 heterocycles. The molecule has 110 valence electrons. The highest BCUT2D eigenvalue weighted by molar-refractivity contribution is 7.66. The molecule has 0 spiro atoms.